The summed E-state index contributed by atoms with van der Waals surface area (Å²) in [7, 11) is 1.00. The van der Waals surface area contributed by atoms with E-state index in [9.17, 15) is 10.1 Å². The SMILES string of the molecule is CC(C#N)(CC(=O)O)c1ccc(OCc2ccc(OCC(=N)c3ccccc3)cc2)cc1.CO. The second-order valence-corrected chi connectivity index (χ2v) is 7.60. The van der Waals surface area contributed by atoms with Crippen molar-refractivity contribution in [2.75, 3.05) is 13.7 Å². The van der Waals surface area contributed by atoms with Crippen molar-refractivity contribution in [3.8, 4) is 17.6 Å². The van der Waals surface area contributed by atoms with E-state index in [1.807, 2.05) is 54.6 Å². The van der Waals surface area contributed by atoms with Crippen molar-refractivity contribution in [2.45, 2.75) is 25.4 Å². The zero-order valence-corrected chi connectivity index (χ0v) is 19.2. The Morgan fingerprint density at radius 3 is 2.06 bits per heavy atom. The molecule has 0 bridgehead atoms. The third-order valence-corrected chi connectivity index (χ3v) is 5.08. The topological polar surface area (TPSA) is 124 Å². The maximum Gasteiger partial charge on any atom is 0.305 e. The Morgan fingerprint density at radius 2 is 1.50 bits per heavy atom. The molecule has 0 aromatic heterocycles. The third-order valence-electron chi connectivity index (χ3n) is 5.08. The number of nitrogens with one attached hydrogen (secondary N) is 1. The van der Waals surface area contributed by atoms with Gasteiger partial charge < -0.3 is 25.1 Å². The summed E-state index contributed by atoms with van der Waals surface area (Å²) in [5.74, 6) is 0.285. The Labute approximate surface area is 199 Å². The van der Waals surface area contributed by atoms with Crippen LogP contribution in [0.3, 0.4) is 0 Å². The van der Waals surface area contributed by atoms with Gasteiger partial charge in [-0.15, -0.1) is 0 Å². The van der Waals surface area contributed by atoms with Crippen LogP contribution in [-0.4, -0.2) is 35.6 Å². The minimum Gasteiger partial charge on any atom is -0.489 e. The van der Waals surface area contributed by atoms with Gasteiger partial charge in [0.15, 0.2) is 0 Å². The van der Waals surface area contributed by atoms with Crippen LogP contribution in [0, 0.1) is 16.7 Å². The fourth-order valence-corrected chi connectivity index (χ4v) is 3.15. The van der Waals surface area contributed by atoms with Crippen LogP contribution in [-0.2, 0) is 16.8 Å². The molecule has 0 heterocycles. The second-order valence-electron chi connectivity index (χ2n) is 7.60. The molecule has 0 radical (unpaired) electrons. The van der Waals surface area contributed by atoms with Gasteiger partial charge >= 0.3 is 5.97 Å². The highest BCUT2D eigenvalue weighted by molar-refractivity contribution is 5.99. The summed E-state index contributed by atoms with van der Waals surface area (Å²) in [5, 5.41) is 33.5. The summed E-state index contributed by atoms with van der Waals surface area (Å²) >= 11 is 0. The molecule has 0 saturated carbocycles. The molecule has 176 valence electrons. The van der Waals surface area contributed by atoms with Gasteiger partial charge in [0, 0.05) is 7.11 Å². The molecule has 0 aliphatic heterocycles. The number of ether oxygens (including phenoxy) is 2. The van der Waals surface area contributed by atoms with E-state index in [1.54, 1.807) is 31.2 Å². The summed E-state index contributed by atoms with van der Waals surface area (Å²) in [6, 6.07) is 25.9. The lowest BCUT2D eigenvalue weighted by molar-refractivity contribution is -0.137. The van der Waals surface area contributed by atoms with Crippen molar-refractivity contribution in [3.63, 3.8) is 0 Å². The highest BCUT2D eigenvalue weighted by atomic mass is 16.5. The van der Waals surface area contributed by atoms with E-state index >= 15 is 0 Å². The van der Waals surface area contributed by atoms with Gasteiger partial charge in [0.2, 0.25) is 0 Å². The molecule has 3 rings (SSSR count). The number of nitrogens with zero attached hydrogens (tertiary/aromatic N) is 1. The summed E-state index contributed by atoms with van der Waals surface area (Å²) in [5.41, 5.74) is 1.75. The van der Waals surface area contributed by atoms with Gasteiger partial charge in [-0.2, -0.15) is 5.26 Å². The predicted octanol–water partition coefficient (Wildman–Crippen LogP) is 4.58. The number of carbonyl (C=O) groups is 1. The van der Waals surface area contributed by atoms with E-state index in [0.29, 0.717) is 29.4 Å². The number of aliphatic hydroxyl groups is 1. The number of nitriles is 1. The summed E-state index contributed by atoms with van der Waals surface area (Å²) in [6.45, 7) is 2.15. The normalized spacial score (nSPS) is 11.7. The molecule has 3 aromatic rings. The van der Waals surface area contributed by atoms with Crippen LogP contribution in [0.2, 0.25) is 0 Å². The van der Waals surface area contributed by atoms with Gasteiger partial charge in [0.05, 0.1) is 23.6 Å². The first-order chi connectivity index (χ1) is 16.4. The molecule has 0 aliphatic carbocycles. The zero-order valence-electron chi connectivity index (χ0n) is 19.2. The highest BCUT2D eigenvalue weighted by Gasteiger charge is 2.29. The lowest BCUT2D eigenvalue weighted by atomic mass is 9.81. The molecule has 3 N–H and O–H groups in total. The van der Waals surface area contributed by atoms with E-state index in [-0.39, 0.29) is 13.0 Å². The number of carboxylic acids is 1. The molecular weight excluding hydrogens is 432 g/mol. The van der Waals surface area contributed by atoms with E-state index < -0.39 is 11.4 Å². The molecule has 1 atom stereocenters. The van der Waals surface area contributed by atoms with Gasteiger partial charge in [0.25, 0.3) is 0 Å². The first-order valence-electron chi connectivity index (χ1n) is 10.6. The highest BCUT2D eigenvalue weighted by Crippen LogP contribution is 2.28. The largest absolute Gasteiger partial charge is 0.489 e. The quantitative estimate of drug-likeness (QED) is 0.381. The number of carboxylic acid groups (broad SMARTS) is 1. The van der Waals surface area contributed by atoms with Gasteiger partial charge in [-0.3, -0.25) is 4.79 Å². The number of aliphatic carboxylic acids is 1. The fraction of sp³-hybridized carbons (Fsp3) is 0.222. The first kappa shape index (κ1) is 26.1. The van der Waals surface area contributed by atoms with E-state index in [2.05, 4.69) is 6.07 Å². The molecule has 0 amide bonds. The number of hydrogen-bond acceptors (Lipinski definition) is 6. The molecule has 0 spiro atoms. The van der Waals surface area contributed by atoms with Crippen LogP contribution in [0.25, 0.3) is 0 Å². The maximum atomic E-state index is 11.0. The van der Waals surface area contributed by atoms with Crippen molar-refractivity contribution in [1.82, 2.24) is 0 Å². The van der Waals surface area contributed by atoms with Crippen LogP contribution < -0.4 is 9.47 Å². The van der Waals surface area contributed by atoms with Crippen molar-refractivity contribution in [2.24, 2.45) is 0 Å². The number of hydrogen-bond donors (Lipinski definition) is 3. The summed E-state index contributed by atoms with van der Waals surface area (Å²) < 4.78 is 11.5. The van der Waals surface area contributed by atoms with Crippen molar-refractivity contribution < 1.29 is 24.5 Å². The van der Waals surface area contributed by atoms with Crippen LogP contribution in [0.15, 0.2) is 78.9 Å². The van der Waals surface area contributed by atoms with Crippen molar-refractivity contribution >= 4 is 11.7 Å². The van der Waals surface area contributed by atoms with Crippen molar-refractivity contribution in [3.05, 3.63) is 95.6 Å². The number of aliphatic hydroxyl groups excluding tert-OH is 1. The summed E-state index contributed by atoms with van der Waals surface area (Å²) in [4.78, 5) is 11.0. The van der Waals surface area contributed by atoms with Crippen LogP contribution >= 0.6 is 0 Å². The van der Waals surface area contributed by atoms with Gasteiger partial charge in [-0.05, 0) is 47.9 Å². The molecule has 0 saturated heterocycles. The van der Waals surface area contributed by atoms with E-state index in [0.717, 1.165) is 18.2 Å². The van der Waals surface area contributed by atoms with Crippen LogP contribution in [0.4, 0.5) is 0 Å². The van der Waals surface area contributed by atoms with E-state index in [1.165, 1.54) is 0 Å². The first-order valence-corrected chi connectivity index (χ1v) is 10.6. The fourth-order valence-electron chi connectivity index (χ4n) is 3.15. The Balaban J connectivity index is 0.00000199. The number of benzene rings is 3. The smallest absolute Gasteiger partial charge is 0.305 e. The van der Waals surface area contributed by atoms with Crippen LogP contribution in [0.1, 0.15) is 30.0 Å². The molecule has 0 aliphatic rings. The second kappa shape index (κ2) is 12.8. The molecule has 0 fully saturated rings. The molecule has 3 aromatic carbocycles. The molecule has 7 nitrogen and oxygen atoms in total. The molecule has 34 heavy (non-hydrogen) atoms. The van der Waals surface area contributed by atoms with Gasteiger partial charge in [-0.1, -0.05) is 54.6 Å². The minimum atomic E-state index is -1.09. The average Bonchev–Trinajstić information content (AvgIpc) is 2.88. The third kappa shape index (κ3) is 7.47. The number of rotatable bonds is 10. The van der Waals surface area contributed by atoms with Crippen LogP contribution in [0.5, 0.6) is 11.5 Å². The molecular formula is C27H28N2O5. The van der Waals surface area contributed by atoms with Gasteiger partial charge in [-0.25, -0.2) is 0 Å². The average molecular weight is 461 g/mol. The molecule has 1 unspecified atom stereocenters. The zero-order chi connectivity index (χ0) is 25.0. The Bertz CT molecular complexity index is 1110. The minimum absolute atomic E-state index is 0.190. The monoisotopic (exact) mass is 460 g/mol. The Hall–Kier alpha value is -4.15. The van der Waals surface area contributed by atoms with Gasteiger partial charge in [0.1, 0.15) is 24.7 Å². The molecule has 7 heteroatoms. The van der Waals surface area contributed by atoms with E-state index in [4.69, 9.17) is 25.1 Å². The Kier molecular flexibility index (Phi) is 9.81. The maximum absolute atomic E-state index is 11.0. The lowest BCUT2D eigenvalue weighted by Gasteiger charge is -2.20. The van der Waals surface area contributed by atoms with Crippen molar-refractivity contribution in [1.29, 1.82) is 10.7 Å². The summed E-state index contributed by atoms with van der Waals surface area (Å²) in [6.07, 6.45) is -0.261. The predicted molar refractivity (Wildman–Crippen MR) is 129 cm³/mol. The standard InChI is InChI=1S/C26H24N2O4.CH4O/c1-26(18-27,15-25(29)30)21-9-13-23(14-10-21)31-16-19-7-11-22(12-8-19)32-17-24(28)20-5-3-2-4-6-20;1-2/h2-14,28H,15-17H2,1H3,(H,29,30);2H,1H3. The lowest BCUT2D eigenvalue weighted by Crippen LogP contribution is -2.23. The Morgan fingerprint density at radius 1 is 0.941 bits per heavy atom.